The van der Waals surface area contributed by atoms with Crippen molar-refractivity contribution in [3.8, 4) is 11.3 Å². The van der Waals surface area contributed by atoms with Crippen LogP contribution in [-0.2, 0) is 25.4 Å². The van der Waals surface area contributed by atoms with E-state index in [9.17, 15) is 9.59 Å². The Morgan fingerprint density at radius 3 is 2.19 bits per heavy atom. The SMILES string of the molecule is COC(=O)[C@@H](Cc1ccccc1)C[C@H](NC(=O)c1ccc(-c2cc3ccccc3o2)cc1)C(OC)OC. The van der Waals surface area contributed by atoms with Crippen molar-refractivity contribution < 1.29 is 28.2 Å². The highest BCUT2D eigenvalue weighted by Crippen LogP contribution is 2.28. The molecule has 1 N–H and O–H groups in total. The van der Waals surface area contributed by atoms with E-state index >= 15 is 0 Å². The van der Waals surface area contributed by atoms with Gasteiger partial charge < -0.3 is 23.9 Å². The van der Waals surface area contributed by atoms with E-state index in [1.807, 2.05) is 72.8 Å². The van der Waals surface area contributed by atoms with Crippen LogP contribution >= 0.6 is 0 Å². The minimum absolute atomic E-state index is 0.275. The first kappa shape index (κ1) is 26.1. The van der Waals surface area contributed by atoms with Gasteiger partial charge in [-0.3, -0.25) is 9.59 Å². The Morgan fingerprint density at radius 1 is 0.865 bits per heavy atom. The Hall–Kier alpha value is -3.94. The lowest BCUT2D eigenvalue weighted by Gasteiger charge is -2.28. The Bertz CT molecular complexity index is 1280. The van der Waals surface area contributed by atoms with Gasteiger partial charge in [-0.2, -0.15) is 0 Å². The van der Waals surface area contributed by atoms with Crippen molar-refractivity contribution in [3.63, 3.8) is 0 Å². The highest BCUT2D eigenvalue weighted by Gasteiger charge is 2.31. The van der Waals surface area contributed by atoms with Crippen LogP contribution in [0.15, 0.2) is 89.3 Å². The Kier molecular flexibility index (Phi) is 8.72. The van der Waals surface area contributed by atoms with Gasteiger partial charge in [-0.1, -0.05) is 60.7 Å². The van der Waals surface area contributed by atoms with Gasteiger partial charge in [0.25, 0.3) is 5.91 Å². The lowest BCUT2D eigenvalue weighted by Crippen LogP contribution is -2.47. The molecule has 0 aliphatic heterocycles. The van der Waals surface area contributed by atoms with E-state index in [0.29, 0.717) is 12.0 Å². The van der Waals surface area contributed by atoms with Gasteiger partial charge in [0.2, 0.25) is 0 Å². The van der Waals surface area contributed by atoms with Gasteiger partial charge >= 0.3 is 5.97 Å². The van der Waals surface area contributed by atoms with Gasteiger partial charge in [0.05, 0.1) is 19.1 Å². The van der Waals surface area contributed by atoms with Crippen LogP contribution in [0.5, 0.6) is 0 Å². The molecule has 0 radical (unpaired) electrons. The number of hydrogen-bond donors (Lipinski definition) is 1. The molecule has 0 aliphatic carbocycles. The molecular formula is C30H31NO6. The Labute approximate surface area is 216 Å². The minimum atomic E-state index is -0.748. The number of esters is 1. The number of carbonyl (C=O) groups is 2. The molecule has 1 heterocycles. The molecule has 3 aromatic carbocycles. The average molecular weight is 502 g/mol. The standard InChI is InChI=1S/C30H31NO6/c1-34-29(33)24(17-20-9-5-4-6-10-20)18-25(30(35-2)36-3)31-28(32)22-15-13-21(14-16-22)27-19-23-11-7-8-12-26(23)37-27/h4-16,19,24-25,30H,17-18H2,1-3H3,(H,31,32)/t24-,25-/m0/s1. The molecule has 0 fully saturated rings. The molecule has 0 bridgehead atoms. The summed E-state index contributed by atoms with van der Waals surface area (Å²) in [6.45, 7) is 0. The van der Waals surface area contributed by atoms with Crippen molar-refractivity contribution in [1.29, 1.82) is 0 Å². The van der Waals surface area contributed by atoms with Crippen molar-refractivity contribution in [3.05, 3.63) is 96.1 Å². The second-order valence-electron chi connectivity index (χ2n) is 8.79. The summed E-state index contributed by atoms with van der Waals surface area (Å²) in [5, 5.41) is 4.01. The van der Waals surface area contributed by atoms with E-state index < -0.39 is 18.2 Å². The molecule has 4 rings (SSSR count). The van der Waals surface area contributed by atoms with Crippen LogP contribution in [0.2, 0.25) is 0 Å². The number of nitrogens with one attached hydrogen (secondary N) is 1. The fraction of sp³-hybridized carbons (Fsp3) is 0.267. The molecule has 192 valence electrons. The van der Waals surface area contributed by atoms with Crippen molar-refractivity contribution in [2.24, 2.45) is 5.92 Å². The van der Waals surface area contributed by atoms with E-state index in [-0.39, 0.29) is 18.3 Å². The maximum atomic E-state index is 13.2. The first-order valence-electron chi connectivity index (χ1n) is 12.1. The highest BCUT2D eigenvalue weighted by atomic mass is 16.7. The molecule has 7 nitrogen and oxygen atoms in total. The summed E-state index contributed by atoms with van der Waals surface area (Å²) in [7, 11) is 4.36. The van der Waals surface area contributed by atoms with Crippen LogP contribution in [0.25, 0.3) is 22.3 Å². The third-order valence-corrected chi connectivity index (χ3v) is 6.36. The molecule has 0 spiro atoms. The summed E-state index contributed by atoms with van der Waals surface area (Å²) in [6, 6.07) is 26.0. The second-order valence-corrected chi connectivity index (χ2v) is 8.79. The number of rotatable bonds is 11. The van der Waals surface area contributed by atoms with E-state index in [2.05, 4.69) is 5.32 Å². The third-order valence-electron chi connectivity index (χ3n) is 6.36. The van der Waals surface area contributed by atoms with Crippen LogP contribution in [-0.4, -0.2) is 45.5 Å². The largest absolute Gasteiger partial charge is 0.469 e. The average Bonchev–Trinajstić information content (AvgIpc) is 3.38. The quantitative estimate of drug-likeness (QED) is 0.223. The van der Waals surface area contributed by atoms with Gasteiger partial charge in [-0.05, 0) is 42.7 Å². The van der Waals surface area contributed by atoms with Crippen molar-refractivity contribution in [2.75, 3.05) is 21.3 Å². The first-order valence-corrected chi connectivity index (χ1v) is 12.1. The van der Waals surface area contributed by atoms with Crippen LogP contribution in [0, 0.1) is 5.92 Å². The van der Waals surface area contributed by atoms with E-state index in [1.165, 1.54) is 21.3 Å². The van der Waals surface area contributed by atoms with Crippen LogP contribution in [0.4, 0.5) is 0 Å². The lowest BCUT2D eigenvalue weighted by atomic mass is 9.92. The summed E-state index contributed by atoms with van der Waals surface area (Å²) in [6.07, 6.45) is -0.00938. The van der Waals surface area contributed by atoms with Gasteiger partial charge in [-0.25, -0.2) is 0 Å². The van der Waals surface area contributed by atoms with Crippen LogP contribution < -0.4 is 5.32 Å². The highest BCUT2D eigenvalue weighted by molar-refractivity contribution is 5.95. The van der Waals surface area contributed by atoms with E-state index in [4.69, 9.17) is 18.6 Å². The minimum Gasteiger partial charge on any atom is -0.469 e. The number of ether oxygens (including phenoxy) is 3. The molecule has 2 atom stereocenters. The maximum absolute atomic E-state index is 13.2. The number of para-hydroxylation sites is 1. The Balaban J connectivity index is 1.50. The number of benzene rings is 3. The predicted octanol–water partition coefficient (Wildman–Crippen LogP) is 5.24. The second kappa shape index (κ2) is 12.3. The number of hydrogen-bond acceptors (Lipinski definition) is 6. The number of amides is 1. The topological polar surface area (TPSA) is 87.0 Å². The van der Waals surface area contributed by atoms with E-state index in [1.54, 1.807) is 12.1 Å². The van der Waals surface area contributed by atoms with E-state index in [0.717, 1.165) is 27.9 Å². The molecule has 4 aromatic rings. The lowest BCUT2D eigenvalue weighted by molar-refractivity contribution is -0.149. The molecule has 1 aromatic heterocycles. The summed E-state index contributed by atoms with van der Waals surface area (Å²) >= 11 is 0. The fourth-order valence-electron chi connectivity index (χ4n) is 4.46. The van der Waals surface area contributed by atoms with Crippen LogP contribution in [0.1, 0.15) is 22.3 Å². The molecular weight excluding hydrogens is 470 g/mol. The normalized spacial score (nSPS) is 12.9. The smallest absolute Gasteiger partial charge is 0.309 e. The predicted molar refractivity (Wildman–Crippen MR) is 141 cm³/mol. The van der Waals surface area contributed by atoms with Crippen molar-refractivity contribution in [2.45, 2.75) is 25.2 Å². The number of fused-ring (bicyclic) bond motifs is 1. The molecule has 0 unspecified atom stereocenters. The van der Waals surface area contributed by atoms with Gasteiger partial charge in [-0.15, -0.1) is 0 Å². The zero-order chi connectivity index (χ0) is 26.2. The number of carbonyl (C=O) groups excluding carboxylic acids is 2. The van der Waals surface area contributed by atoms with Crippen LogP contribution in [0.3, 0.4) is 0 Å². The molecule has 37 heavy (non-hydrogen) atoms. The summed E-state index contributed by atoms with van der Waals surface area (Å²) in [4.78, 5) is 25.8. The summed E-state index contributed by atoms with van der Waals surface area (Å²) in [5.41, 5.74) is 3.14. The maximum Gasteiger partial charge on any atom is 0.309 e. The Morgan fingerprint density at radius 2 is 1.54 bits per heavy atom. The first-order chi connectivity index (χ1) is 18.0. The van der Waals surface area contributed by atoms with Gasteiger partial charge in [0, 0.05) is 30.7 Å². The van der Waals surface area contributed by atoms with Gasteiger partial charge in [0.1, 0.15) is 11.3 Å². The zero-order valence-electron chi connectivity index (χ0n) is 21.2. The fourth-order valence-corrected chi connectivity index (χ4v) is 4.46. The number of methoxy groups -OCH3 is 3. The molecule has 1 amide bonds. The summed E-state index contributed by atoms with van der Waals surface area (Å²) < 4.78 is 21.9. The van der Waals surface area contributed by atoms with Crippen molar-refractivity contribution >= 4 is 22.8 Å². The van der Waals surface area contributed by atoms with Crippen molar-refractivity contribution in [1.82, 2.24) is 5.32 Å². The third kappa shape index (κ3) is 6.44. The molecule has 0 saturated heterocycles. The zero-order valence-corrected chi connectivity index (χ0v) is 21.2. The molecule has 0 aliphatic rings. The molecule has 0 saturated carbocycles. The summed E-state index contributed by atoms with van der Waals surface area (Å²) in [5.74, 6) is -0.430. The monoisotopic (exact) mass is 501 g/mol. The molecule has 7 heteroatoms. The number of furan rings is 1. The van der Waals surface area contributed by atoms with Gasteiger partial charge in [0.15, 0.2) is 6.29 Å².